The molecule has 0 bridgehead atoms. The molecule has 8 heteroatoms. The zero-order valence-corrected chi connectivity index (χ0v) is 21.1. The number of ether oxygens (including phenoxy) is 1. The normalized spacial score (nSPS) is 14.2. The first-order valence-electron chi connectivity index (χ1n) is 12.2. The number of likely N-dealkylation sites (N-methyl/N-ethyl adjacent to an activating group) is 1. The summed E-state index contributed by atoms with van der Waals surface area (Å²) in [6.07, 6.45) is 4.99. The maximum absolute atomic E-state index is 12.7. The molecule has 1 aliphatic rings. The van der Waals surface area contributed by atoms with E-state index >= 15 is 0 Å². The molecule has 4 rings (SSSR count). The zero-order chi connectivity index (χ0) is 24.1. The molecule has 7 nitrogen and oxygen atoms in total. The fourth-order valence-electron chi connectivity index (χ4n) is 4.83. The number of methoxy groups -OCH3 is 1. The second-order valence-electron chi connectivity index (χ2n) is 8.72. The number of aryl methyl sites for hydroxylation is 3. The van der Waals surface area contributed by atoms with Crippen LogP contribution >= 0.6 is 11.3 Å². The van der Waals surface area contributed by atoms with Gasteiger partial charge in [-0.3, -0.25) is 14.5 Å². The summed E-state index contributed by atoms with van der Waals surface area (Å²) in [5, 5.41) is 3.85. The van der Waals surface area contributed by atoms with Crippen LogP contribution in [0, 0.1) is 0 Å². The molecule has 2 heterocycles. The highest BCUT2D eigenvalue weighted by molar-refractivity contribution is 7.18. The molecule has 1 atom stereocenters. The van der Waals surface area contributed by atoms with Gasteiger partial charge in [0.05, 0.1) is 18.5 Å². The molecule has 0 fully saturated rings. The van der Waals surface area contributed by atoms with E-state index in [1.807, 2.05) is 18.2 Å². The lowest BCUT2D eigenvalue weighted by molar-refractivity contribution is -0.121. The molecule has 1 aromatic carbocycles. The molecule has 182 valence electrons. The van der Waals surface area contributed by atoms with Gasteiger partial charge in [0.1, 0.15) is 16.4 Å². The monoisotopic (exact) mass is 482 g/mol. The van der Waals surface area contributed by atoms with Crippen molar-refractivity contribution in [1.82, 2.24) is 20.2 Å². The Morgan fingerprint density at radius 3 is 2.82 bits per heavy atom. The van der Waals surface area contributed by atoms with Crippen LogP contribution in [0.1, 0.15) is 61.0 Å². The number of fused-ring (bicyclic) bond motifs is 3. The molecule has 0 radical (unpaired) electrons. The fraction of sp³-hybridized carbons (Fsp3) is 0.500. The van der Waals surface area contributed by atoms with Crippen molar-refractivity contribution in [1.29, 1.82) is 0 Å². The van der Waals surface area contributed by atoms with Crippen molar-refractivity contribution >= 4 is 27.5 Å². The number of thiophene rings is 1. The highest BCUT2D eigenvalue weighted by atomic mass is 32.1. The molecular weight excluding hydrogens is 448 g/mol. The van der Waals surface area contributed by atoms with Crippen molar-refractivity contribution in [2.75, 3.05) is 26.7 Å². The van der Waals surface area contributed by atoms with Gasteiger partial charge in [-0.1, -0.05) is 26.0 Å². The lowest BCUT2D eigenvalue weighted by atomic mass is 9.97. The van der Waals surface area contributed by atoms with E-state index in [9.17, 15) is 9.59 Å². The summed E-state index contributed by atoms with van der Waals surface area (Å²) in [7, 11) is 1.66. The summed E-state index contributed by atoms with van der Waals surface area (Å²) in [5.74, 6) is 1.34. The van der Waals surface area contributed by atoms with E-state index in [2.05, 4.69) is 35.1 Å². The molecule has 0 spiro atoms. The molecule has 2 N–H and O–H groups in total. The van der Waals surface area contributed by atoms with Gasteiger partial charge in [-0.25, -0.2) is 4.98 Å². The number of aromatic nitrogens is 2. The minimum Gasteiger partial charge on any atom is -0.497 e. The van der Waals surface area contributed by atoms with Crippen molar-refractivity contribution in [3.05, 3.63) is 56.4 Å². The van der Waals surface area contributed by atoms with E-state index in [-0.39, 0.29) is 23.9 Å². The third-order valence-corrected chi connectivity index (χ3v) is 7.87. The van der Waals surface area contributed by atoms with Crippen LogP contribution < -0.4 is 15.6 Å². The Labute approximate surface area is 204 Å². The van der Waals surface area contributed by atoms with Gasteiger partial charge in [-0.2, -0.15) is 0 Å². The summed E-state index contributed by atoms with van der Waals surface area (Å²) < 4.78 is 5.39. The number of nitrogens with one attached hydrogen (secondary N) is 2. The summed E-state index contributed by atoms with van der Waals surface area (Å²) in [6.45, 7) is 6.51. The Hall–Kier alpha value is -2.71. The average Bonchev–Trinajstić information content (AvgIpc) is 3.24. The van der Waals surface area contributed by atoms with Gasteiger partial charge >= 0.3 is 0 Å². The highest BCUT2D eigenvalue weighted by Gasteiger charge is 2.21. The lowest BCUT2D eigenvalue weighted by Gasteiger charge is -2.30. The number of aromatic amines is 1. The third kappa shape index (κ3) is 5.33. The Balaban J connectivity index is 1.41. The van der Waals surface area contributed by atoms with E-state index in [0.29, 0.717) is 18.8 Å². The Morgan fingerprint density at radius 1 is 1.26 bits per heavy atom. The molecule has 1 amide bonds. The molecule has 1 unspecified atom stereocenters. The number of hydrogen-bond acceptors (Lipinski definition) is 6. The van der Waals surface area contributed by atoms with E-state index in [1.54, 1.807) is 18.4 Å². The minimum atomic E-state index is -0.0700. The minimum absolute atomic E-state index is 0.0479. The van der Waals surface area contributed by atoms with E-state index < -0.39 is 0 Å². The van der Waals surface area contributed by atoms with Crippen LogP contribution in [0.3, 0.4) is 0 Å². The second kappa shape index (κ2) is 11.1. The predicted octanol–water partition coefficient (Wildman–Crippen LogP) is 4.00. The van der Waals surface area contributed by atoms with Gasteiger partial charge in [0.15, 0.2) is 0 Å². The van der Waals surface area contributed by atoms with Crippen molar-refractivity contribution in [3.63, 3.8) is 0 Å². The number of carbonyl (C=O) groups is 1. The predicted molar refractivity (Wildman–Crippen MR) is 137 cm³/mol. The maximum atomic E-state index is 12.7. The Morgan fingerprint density at radius 2 is 2.06 bits per heavy atom. The molecule has 34 heavy (non-hydrogen) atoms. The van der Waals surface area contributed by atoms with E-state index in [4.69, 9.17) is 9.72 Å². The molecule has 1 aliphatic carbocycles. The molecule has 0 saturated carbocycles. The van der Waals surface area contributed by atoms with Crippen molar-refractivity contribution in [2.45, 2.75) is 58.4 Å². The fourth-order valence-corrected chi connectivity index (χ4v) is 6.11. The van der Waals surface area contributed by atoms with E-state index in [1.165, 1.54) is 16.9 Å². The van der Waals surface area contributed by atoms with Crippen LogP contribution in [-0.4, -0.2) is 47.5 Å². The van der Waals surface area contributed by atoms with E-state index in [0.717, 1.165) is 53.9 Å². The topological polar surface area (TPSA) is 87.3 Å². The average molecular weight is 483 g/mol. The number of carbonyl (C=O) groups excluding carboxylic acids is 1. The van der Waals surface area contributed by atoms with Crippen molar-refractivity contribution < 1.29 is 9.53 Å². The summed E-state index contributed by atoms with van der Waals surface area (Å²) in [6, 6.07) is 8.06. The number of nitrogens with zero attached hydrogens (tertiary/aromatic N) is 2. The first-order valence-corrected chi connectivity index (χ1v) is 13.0. The van der Waals surface area contributed by atoms with Gasteiger partial charge in [-0.05, 0) is 62.0 Å². The molecule has 2 aromatic heterocycles. The van der Waals surface area contributed by atoms with Crippen molar-refractivity contribution in [3.8, 4) is 5.75 Å². The van der Waals surface area contributed by atoms with Crippen LogP contribution in [0.25, 0.3) is 10.2 Å². The standard InChI is InChI=1S/C26H34N4O3S/c1-4-30(5-2)20(17-9-8-10-18(15-17)33-3)16-27-23(31)14-13-22-28-25(32)24-19-11-6-7-12-21(19)34-26(24)29-22/h8-10,15,20H,4-7,11-14,16H2,1-3H3,(H,27,31)(H,28,29,32). The maximum Gasteiger partial charge on any atom is 0.259 e. The van der Waals surface area contributed by atoms with Crippen LogP contribution in [0.4, 0.5) is 0 Å². The Bertz CT molecular complexity index is 1200. The molecule has 0 aliphatic heterocycles. The molecule has 3 aromatic rings. The molecule has 0 saturated heterocycles. The number of hydrogen-bond donors (Lipinski definition) is 2. The first kappa shape index (κ1) is 24.4. The quantitative estimate of drug-likeness (QED) is 0.456. The number of H-pyrrole nitrogens is 1. The smallest absolute Gasteiger partial charge is 0.259 e. The second-order valence-corrected chi connectivity index (χ2v) is 9.80. The van der Waals surface area contributed by atoms with Crippen LogP contribution in [0.5, 0.6) is 5.75 Å². The van der Waals surface area contributed by atoms with Crippen LogP contribution in [0.15, 0.2) is 29.1 Å². The van der Waals surface area contributed by atoms with Crippen LogP contribution in [0.2, 0.25) is 0 Å². The summed E-state index contributed by atoms with van der Waals surface area (Å²) >= 11 is 1.64. The number of benzene rings is 1. The van der Waals surface area contributed by atoms with Crippen molar-refractivity contribution in [2.24, 2.45) is 0 Å². The third-order valence-electron chi connectivity index (χ3n) is 6.69. The van der Waals surface area contributed by atoms with Gasteiger partial charge in [0.25, 0.3) is 5.56 Å². The largest absolute Gasteiger partial charge is 0.497 e. The lowest BCUT2D eigenvalue weighted by Crippen LogP contribution is -2.38. The number of rotatable bonds is 10. The van der Waals surface area contributed by atoms with Gasteiger partial charge in [0.2, 0.25) is 5.91 Å². The molecular formula is C26H34N4O3S. The van der Waals surface area contributed by atoms with Gasteiger partial charge in [0, 0.05) is 24.3 Å². The number of amides is 1. The summed E-state index contributed by atoms with van der Waals surface area (Å²) in [5.41, 5.74) is 2.23. The highest BCUT2D eigenvalue weighted by Crippen LogP contribution is 2.33. The SMILES string of the molecule is CCN(CC)C(CNC(=O)CCc1nc2sc3c(c2c(=O)[nH]1)CCCC3)c1cccc(OC)c1. The zero-order valence-electron chi connectivity index (χ0n) is 20.3. The first-order chi connectivity index (χ1) is 16.5. The Kier molecular flexibility index (Phi) is 8.00. The van der Waals surface area contributed by atoms with Gasteiger partial charge in [-0.15, -0.1) is 11.3 Å². The summed E-state index contributed by atoms with van der Waals surface area (Å²) in [4.78, 5) is 37.5. The van der Waals surface area contributed by atoms with Crippen LogP contribution in [-0.2, 0) is 24.1 Å². The van der Waals surface area contributed by atoms with Gasteiger partial charge < -0.3 is 15.0 Å².